The molecule has 0 unspecified atom stereocenters. The van der Waals surface area contributed by atoms with Gasteiger partial charge in [-0.1, -0.05) is 190 Å². The van der Waals surface area contributed by atoms with E-state index in [-0.39, 0.29) is 5.41 Å². The van der Waals surface area contributed by atoms with Crippen molar-refractivity contribution in [3.05, 3.63) is 223 Å². The van der Waals surface area contributed by atoms with Crippen LogP contribution in [0.1, 0.15) is 25.0 Å². The molecule has 266 valence electrons. The number of nitrogens with zero attached hydrogens (tertiary/aromatic N) is 1. The second kappa shape index (κ2) is 13.7. The number of rotatable bonds is 7. The molecule has 1 aliphatic rings. The molecule has 0 bridgehead atoms. The summed E-state index contributed by atoms with van der Waals surface area (Å²) in [4.78, 5) is 2.38. The van der Waals surface area contributed by atoms with Gasteiger partial charge in [-0.2, -0.15) is 0 Å². The lowest BCUT2D eigenvalue weighted by atomic mass is 9.81. The van der Waals surface area contributed by atoms with Gasteiger partial charge in [-0.05, 0) is 109 Å². The smallest absolute Gasteiger partial charge is 0.0540 e. The number of hydrogen-bond donors (Lipinski definition) is 0. The third kappa shape index (κ3) is 5.72. The fraction of sp³-hybridized carbons (Fsp3) is 0.0545. The predicted octanol–water partition coefficient (Wildman–Crippen LogP) is 15.3. The van der Waals surface area contributed by atoms with Gasteiger partial charge in [-0.15, -0.1) is 0 Å². The molecular formula is C55H41N. The van der Waals surface area contributed by atoms with E-state index < -0.39 is 0 Å². The van der Waals surface area contributed by atoms with Crippen molar-refractivity contribution < 1.29 is 0 Å². The zero-order valence-corrected chi connectivity index (χ0v) is 31.7. The van der Waals surface area contributed by atoms with Crippen molar-refractivity contribution in [1.82, 2.24) is 0 Å². The first-order valence-electron chi connectivity index (χ1n) is 19.5. The summed E-state index contributed by atoms with van der Waals surface area (Å²) in [5.74, 6) is 0. The summed E-state index contributed by atoms with van der Waals surface area (Å²) < 4.78 is 0. The van der Waals surface area contributed by atoms with Crippen LogP contribution in [-0.2, 0) is 5.41 Å². The first-order valence-corrected chi connectivity index (χ1v) is 19.5. The summed E-state index contributed by atoms with van der Waals surface area (Å²) in [7, 11) is 0. The Bertz CT molecular complexity index is 2840. The van der Waals surface area contributed by atoms with Crippen LogP contribution in [0.4, 0.5) is 17.1 Å². The zero-order chi connectivity index (χ0) is 37.6. The largest absolute Gasteiger partial charge is 0.310 e. The predicted molar refractivity (Wildman–Crippen MR) is 238 cm³/mol. The van der Waals surface area contributed by atoms with Crippen LogP contribution in [0.5, 0.6) is 0 Å². The Kier molecular flexibility index (Phi) is 8.23. The summed E-state index contributed by atoms with van der Waals surface area (Å²) in [5.41, 5.74) is 18.6. The molecule has 0 spiro atoms. The molecule has 1 heteroatoms. The summed E-state index contributed by atoms with van der Waals surface area (Å²) in [6.45, 7) is 4.71. The van der Waals surface area contributed by atoms with E-state index in [1.807, 2.05) is 0 Å². The number of anilines is 3. The van der Waals surface area contributed by atoms with Crippen LogP contribution in [0.15, 0.2) is 212 Å². The van der Waals surface area contributed by atoms with Gasteiger partial charge >= 0.3 is 0 Å². The van der Waals surface area contributed by atoms with Crippen LogP contribution in [-0.4, -0.2) is 0 Å². The van der Waals surface area contributed by atoms with E-state index >= 15 is 0 Å². The highest BCUT2D eigenvalue weighted by molar-refractivity contribution is 6.00. The van der Waals surface area contributed by atoms with Crippen molar-refractivity contribution in [2.75, 3.05) is 4.90 Å². The van der Waals surface area contributed by atoms with E-state index in [4.69, 9.17) is 0 Å². The van der Waals surface area contributed by atoms with E-state index in [1.54, 1.807) is 0 Å². The Morgan fingerprint density at radius 3 is 1.59 bits per heavy atom. The molecule has 0 saturated carbocycles. The maximum Gasteiger partial charge on any atom is 0.0540 e. The molecule has 9 aromatic carbocycles. The quantitative estimate of drug-likeness (QED) is 0.159. The van der Waals surface area contributed by atoms with Crippen LogP contribution in [0.3, 0.4) is 0 Å². The summed E-state index contributed by atoms with van der Waals surface area (Å²) in [6, 6.07) is 77.5. The Balaban J connectivity index is 1.08. The van der Waals surface area contributed by atoms with Crippen LogP contribution in [0.25, 0.3) is 66.4 Å². The van der Waals surface area contributed by atoms with Gasteiger partial charge in [-0.25, -0.2) is 0 Å². The summed E-state index contributed by atoms with van der Waals surface area (Å²) in [6.07, 6.45) is 0. The molecule has 0 atom stereocenters. The standard InChI is InChI=1S/C55H41N/c1-55(2)51-24-12-11-22-49(51)54-48(23-14-25-52(54)55)47-36-31-43(37-50(47)42-17-7-4-8-18-42)40-29-34-45(35-30-40)56(53-26-13-20-41-19-9-10-21-46(41)53)44-32-27-39(28-33-44)38-15-5-3-6-16-38/h3-37H,1-2H3. The normalized spacial score (nSPS) is 12.6. The van der Waals surface area contributed by atoms with Gasteiger partial charge in [0.25, 0.3) is 0 Å². The number of fused-ring (bicyclic) bond motifs is 4. The monoisotopic (exact) mass is 715 g/mol. The second-order valence-electron chi connectivity index (χ2n) is 15.3. The SMILES string of the molecule is CC1(C)c2ccccc2-c2c(-c3ccc(-c4ccc(N(c5ccc(-c6ccccc6)cc5)c5cccc6ccccc56)cc4)cc3-c3ccccc3)cccc21. The van der Waals surface area contributed by atoms with E-state index in [1.165, 1.54) is 77.5 Å². The molecule has 56 heavy (non-hydrogen) atoms. The van der Waals surface area contributed by atoms with Gasteiger partial charge in [0, 0.05) is 22.2 Å². The maximum absolute atomic E-state index is 2.38. The molecule has 9 aromatic rings. The van der Waals surface area contributed by atoms with Crippen molar-refractivity contribution in [2.24, 2.45) is 0 Å². The van der Waals surface area contributed by atoms with Gasteiger partial charge in [0.2, 0.25) is 0 Å². The molecule has 0 heterocycles. The van der Waals surface area contributed by atoms with Crippen molar-refractivity contribution in [3.8, 4) is 55.6 Å². The average Bonchev–Trinajstić information content (AvgIpc) is 3.51. The van der Waals surface area contributed by atoms with Crippen molar-refractivity contribution in [3.63, 3.8) is 0 Å². The van der Waals surface area contributed by atoms with E-state index in [0.717, 1.165) is 17.1 Å². The average molecular weight is 716 g/mol. The highest BCUT2D eigenvalue weighted by atomic mass is 15.1. The summed E-state index contributed by atoms with van der Waals surface area (Å²) >= 11 is 0. The first-order chi connectivity index (χ1) is 27.5. The molecule has 0 radical (unpaired) electrons. The van der Waals surface area contributed by atoms with E-state index in [9.17, 15) is 0 Å². The van der Waals surface area contributed by atoms with E-state index in [2.05, 4.69) is 231 Å². The maximum atomic E-state index is 2.38. The molecule has 0 amide bonds. The van der Waals surface area contributed by atoms with Crippen molar-refractivity contribution in [2.45, 2.75) is 19.3 Å². The van der Waals surface area contributed by atoms with Crippen LogP contribution in [0, 0.1) is 0 Å². The molecular weight excluding hydrogens is 675 g/mol. The van der Waals surface area contributed by atoms with Crippen LogP contribution >= 0.6 is 0 Å². The molecule has 10 rings (SSSR count). The lowest BCUT2D eigenvalue weighted by Crippen LogP contribution is -2.14. The lowest BCUT2D eigenvalue weighted by molar-refractivity contribution is 0.660. The molecule has 1 aliphatic carbocycles. The summed E-state index contributed by atoms with van der Waals surface area (Å²) in [5, 5.41) is 2.44. The third-order valence-corrected chi connectivity index (χ3v) is 11.7. The highest BCUT2D eigenvalue weighted by Gasteiger charge is 2.36. The fourth-order valence-corrected chi connectivity index (χ4v) is 8.86. The minimum atomic E-state index is -0.0552. The zero-order valence-electron chi connectivity index (χ0n) is 31.7. The Morgan fingerprint density at radius 2 is 0.857 bits per heavy atom. The van der Waals surface area contributed by atoms with Crippen LogP contribution < -0.4 is 4.90 Å². The minimum Gasteiger partial charge on any atom is -0.310 e. The van der Waals surface area contributed by atoms with Gasteiger partial charge < -0.3 is 4.90 Å². The van der Waals surface area contributed by atoms with Gasteiger partial charge in [0.1, 0.15) is 0 Å². The first kappa shape index (κ1) is 33.6. The van der Waals surface area contributed by atoms with Gasteiger partial charge in [0.15, 0.2) is 0 Å². The molecule has 0 fully saturated rings. The lowest BCUT2D eigenvalue weighted by Gasteiger charge is -2.27. The van der Waals surface area contributed by atoms with Crippen LogP contribution in [0.2, 0.25) is 0 Å². The van der Waals surface area contributed by atoms with E-state index in [0.29, 0.717) is 0 Å². The molecule has 0 saturated heterocycles. The Labute approximate surface area is 329 Å². The molecule has 0 N–H and O–H groups in total. The number of hydrogen-bond acceptors (Lipinski definition) is 1. The third-order valence-electron chi connectivity index (χ3n) is 11.7. The molecule has 0 aromatic heterocycles. The van der Waals surface area contributed by atoms with Gasteiger partial charge in [-0.3, -0.25) is 0 Å². The molecule has 0 aliphatic heterocycles. The number of benzene rings is 9. The van der Waals surface area contributed by atoms with Crippen molar-refractivity contribution >= 4 is 27.8 Å². The fourth-order valence-electron chi connectivity index (χ4n) is 8.86. The highest BCUT2D eigenvalue weighted by Crippen LogP contribution is 2.53. The molecule has 1 nitrogen and oxygen atoms in total. The second-order valence-corrected chi connectivity index (χ2v) is 15.3. The minimum absolute atomic E-state index is 0.0552. The van der Waals surface area contributed by atoms with Gasteiger partial charge in [0.05, 0.1) is 5.69 Å². The Hall–Kier alpha value is -6.96. The topological polar surface area (TPSA) is 3.24 Å². The Morgan fingerprint density at radius 1 is 0.339 bits per heavy atom. The van der Waals surface area contributed by atoms with Crippen molar-refractivity contribution in [1.29, 1.82) is 0 Å².